The Morgan fingerprint density at radius 3 is 2.23 bits per heavy atom. The topological polar surface area (TPSA) is 184 Å². The molecule has 5 fully saturated rings. The van der Waals surface area contributed by atoms with Gasteiger partial charge in [0.05, 0.1) is 46.3 Å². The van der Waals surface area contributed by atoms with Gasteiger partial charge >= 0.3 is 0 Å². The van der Waals surface area contributed by atoms with Crippen LogP contribution in [0.15, 0.2) is 54.9 Å². The summed E-state index contributed by atoms with van der Waals surface area (Å²) in [7, 11) is 0. The molecular weight excluding hydrogens is 837 g/mol. The molecule has 1 saturated carbocycles. The van der Waals surface area contributed by atoms with Gasteiger partial charge in [-0.3, -0.25) is 39.0 Å². The average Bonchev–Trinajstić information content (AvgIpc) is 3.87. The number of aliphatic hydroxyl groups is 1. The fourth-order valence-electron chi connectivity index (χ4n) is 10.5. The molecule has 18 heteroatoms. The second-order valence-electron chi connectivity index (χ2n) is 18.9. The van der Waals surface area contributed by atoms with Gasteiger partial charge < -0.3 is 20.2 Å². The molecule has 0 spiro atoms. The predicted octanol–water partition coefficient (Wildman–Crippen LogP) is 4.28. The van der Waals surface area contributed by atoms with Gasteiger partial charge in [0.15, 0.2) is 0 Å². The number of benzene rings is 2. The number of imide groups is 1. The Hall–Kier alpha value is -6.29. The van der Waals surface area contributed by atoms with Crippen molar-refractivity contribution in [2.24, 2.45) is 5.92 Å². The second kappa shape index (κ2) is 16.6. The van der Waals surface area contributed by atoms with E-state index in [4.69, 9.17) is 5.10 Å². The molecule has 0 unspecified atom stereocenters. The van der Waals surface area contributed by atoms with Gasteiger partial charge in [-0.15, -0.1) is 0 Å². The first-order valence-corrected chi connectivity index (χ1v) is 22.5. The van der Waals surface area contributed by atoms with Gasteiger partial charge in [0, 0.05) is 105 Å². The Balaban J connectivity index is 0.687. The molecular formula is C47H51F2N11O5. The highest BCUT2D eigenvalue weighted by Crippen LogP contribution is 2.38. The SMILES string of the molecule is CC(C)(O)c1cc2nn(C3CCC(N4CCN(C5CN(C(=O)C6CN(c7cc(F)c([C@H]8CCC(=O)NC8=O)c(F)c7)C6)C5)CC4)CC3)cc2cc1NC(=O)c1ccc2cc(C#N)cnn12. The Labute approximate surface area is 373 Å². The highest BCUT2D eigenvalue weighted by Gasteiger charge is 2.43. The molecule has 1 atom stereocenters. The van der Waals surface area contributed by atoms with E-state index in [9.17, 15) is 29.5 Å². The summed E-state index contributed by atoms with van der Waals surface area (Å²) in [6.07, 6.45) is 7.61. The van der Waals surface area contributed by atoms with Crippen LogP contribution in [0.4, 0.5) is 20.2 Å². The molecule has 4 saturated heterocycles. The molecule has 3 aromatic heterocycles. The van der Waals surface area contributed by atoms with E-state index in [1.165, 1.54) is 22.8 Å². The number of fused-ring (bicyclic) bond motifs is 2. The predicted molar refractivity (Wildman–Crippen MR) is 235 cm³/mol. The zero-order valence-corrected chi connectivity index (χ0v) is 36.3. The monoisotopic (exact) mass is 887 g/mol. The number of aromatic nitrogens is 4. The van der Waals surface area contributed by atoms with Crippen LogP contribution >= 0.6 is 0 Å². The molecule has 10 rings (SSSR count). The number of nitrogens with zero attached hydrogens (tertiary/aromatic N) is 9. The standard InChI is InChI=1S/C47H51F2N11O5/c1-47(2,65)36-19-39-28(16-40(36)52-45(63)41-9-7-32-15-27(20-50)21-51-60(32)41)24-59(54-39)31-5-3-30(4-6-31)55-11-13-56(14-12-55)34-25-58(26-34)46(64)29-22-57(23-29)33-17-37(48)43(38(49)18-33)35-8-10-42(61)53-44(35)62/h7,9,15-19,21,24,29-31,34-35,65H,3-6,8,10-14,22-23,25-26H2,1-2H3,(H,52,63)(H,53,61,62)/t30?,31?,35-/m1/s1. The van der Waals surface area contributed by atoms with Crippen molar-refractivity contribution in [3.63, 3.8) is 0 Å². The van der Waals surface area contributed by atoms with Gasteiger partial charge in [0.25, 0.3) is 5.91 Å². The number of carbonyl (C=O) groups is 4. The largest absolute Gasteiger partial charge is 0.386 e. The fraction of sp³-hybridized carbons (Fsp3) is 0.468. The Morgan fingerprint density at radius 2 is 1.57 bits per heavy atom. The van der Waals surface area contributed by atoms with Crippen molar-refractivity contribution in [1.82, 2.24) is 39.4 Å². The Kier molecular flexibility index (Phi) is 10.9. The normalized spacial score (nSPS) is 22.7. The van der Waals surface area contributed by atoms with Gasteiger partial charge in [0.1, 0.15) is 23.4 Å². The highest BCUT2D eigenvalue weighted by molar-refractivity contribution is 6.05. The summed E-state index contributed by atoms with van der Waals surface area (Å²) in [5, 5.41) is 35.6. The lowest BCUT2D eigenvalue weighted by atomic mass is 9.89. The van der Waals surface area contributed by atoms with Gasteiger partial charge in [-0.1, -0.05) is 0 Å². The minimum absolute atomic E-state index is 0.0275. The van der Waals surface area contributed by atoms with Gasteiger partial charge in [0.2, 0.25) is 17.7 Å². The van der Waals surface area contributed by atoms with E-state index in [1.807, 2.05) is 27.9 Å². The summed E-state index contributed by atoms with van der Waals surface area (Å²) >= 11 is 0. The van der Waals surface area contributed by atoms with Crippen LogP contribution in [0.25, 0.3) is 16.4 Å². The molecule has 3 N–H and O–H groups in total. The third-order valence-corrected chi connectivity index (χ3v) is 14.3. The van der Waals surface area contributed by atoms with Crippen LogP contribution in [0.5, 0.6) is 0 Å². The summed E-state index contributed by atoms with van der Waals surface area (Å²) in [6.45, 7) is 9.31. The number of rotatable bonds is 9. The number of hydrogen-bond acceptors (Lipinski definition) is 11. The van der Waals surface area contributed by atoms with Crippen molar-refractivity contribution in [2.75, 3.05) is 62.6 Å². The van der Waals surface area contributed by atoms with Crippen molar-refractivity contribution < 1.29 is 33.1 Å². The lowest BCUT2D eigenvalue weighted by molar-refractivity contribution is -0.144. The second-order valence-corrected chi connectivity index (χ2v) is 18.9. The van der Waals surface area contributed by atoms with Crippen LogP contribution < -0.4 is 15.5 Å². The molecule has 2 aromatic carbocycles. The lowest BCUT2D eigenvalue weighted by Crippen LogP contribution is -2.67. The number of likely N-dealkylation sites (tertiary alicyclic amines) is 1. The highest BCUT2D eigenvalue weighted by atomic mass is 19.1. The maximum Gasteiger partial charge on any atom is 0.274 e. The zero-order chi connectivity index (χ0) is 45.3. The number of halogens is 2. The molecule has 0 bridgehead atoms. The van der Waals surface area contributed by atoms with Crippen LogP contribution in [-0.2, 0) is 20.0 Å². The summed E-state index contributed by atoms with van der Waals surface area (Å²) in [6, 6.07) is 14.3. The molecule has 5 aliphatic rings. The van der Waals surface area contributed by atoms with Crippen molar-refractivity contribution >= 4 is 51.4 Å². The van der Waals surface area contributed by atoms with Crippen LogP contribution in [-0.4, -0.2) is 127 Å². The summed E-state index contributed by atoms with van der Waals surface area (Å²) < 4.78 is 33.7. The Bertz CT molecular complexity index is 2740. The first-order valence-electron chi connectivity index (χ1n) is 22.5. The third kappa shape index (κ3) is 8.10. The van der Waals surface area contributed by atoms with E-state index in [2.05, 4.69) is 31.6 Å². The maximum absolute atomic E-state index is 15.1. The first kappa shape index (κ1) is 42.6. The number of hydrogen-bond donors (Lipinski definition) is 3. The minimum atomic E-state index is -1.26. The summed E-state index contributed by atoms with van der Waals surface area (Å²) in [5.74, 6) is -4.40. The van der Waals surface area contributed by atoms with E-state index < -0.39 is 40.9 Å². The number of piperazine rings is 1. The quantitative estimate of drug-likeness (QED) is 0.180. The van der Waals surface area contributed by atoms with E-state index in [0.717, 1.165) is 62.8 Å². The molecule has 0 radical (unpaired) electrons. The first-order chi connectivity index (χ1) is 31.2. The molecule has 16 nitrogen and oxygen atoms in total. The molecule has 1 aliphatic carbocycles. The van der Waals surface area contributed by atoms with E-state index in [0.29, 0.717) is 72.0 Å². The van der Waals surface area contributed by atoms with Gasteiger partial charge in [-0.2, -0.15) is 15.5 Å². The van der Waals surface area contributed by atoms with Crippen molar-refractivity contribution in [3.05, 3.63) is 88.9 Å². The molecule has 338 valence electrons. The number of carbonyl (C=O) groups excluding carboxylic acids is 4. The molecule has 65 heavy (non-hydrogen) atoms. The fourth-order valence-corrected chi connectivity index (χ4v) is 10.5. The van der Waals surface area contributed by atoms with E-state index in [-0.39, 0.29) is 36.3 Å². The Morgan fingerprint density at radius 1 is 0.892 bits per heavy atom. The van der Waals surface area contributed by atoms with Gasteiger partial charge in [-0.25, -0.2) is 13.3 Å². The number of amides is 4. The number of nitriles is 1. The lowest BCUT2D eigenvalue weighted by Gasteiger charge is -2.51. The van der Waals surface area contributed by atoms with Crippen LogP contribution in [0, 0.1) is 28.9 Å². The average molecular weight is 888 g/mol. The third-order valence-electron chi connectivity index (χ3n) is 14.3. The molecule has 4 amide bonds. The zero-order valence-electron chi connectivity index (χ0n) is 36.3. The molecule has 4 aliphatic heterocycles. The smallest absolute Gasteiger partial charge is 0.274 e. The number of piperidine rings is 1. The van der Waals surface area contributed by atoms with Crippen LogP contribution in [0.2, 0.25) is 0 Å². The van der Waals surface area contributed by atoms with Crippen molar-refractivity contribution in [1.29, 1.82) is 5.26 Å². The molecule has 5 aromatic rings. The number of anilines is 2. The molecule has 7 heterocycles. The summed E-state index contributed by atoms with van der Waals surface area (Å²) in [5.41, 5.74) is 1.86. The van der Waals surface area contributed by atoms with Gasteiger partial charge in [-0.05, 0) is 88.4 Å². The van der Waals surface area contributed by atoms with Crippen molar-refractivity contribution in [2.45, 2.75) is 82.0 Å². The maximum atomic E-state index is 15.1. The minimum Gasteiger partial charge on any atom is -0.386 e. The van der Waals surface area contributed by atoms with E-state index >= 15 is 8.78 Å². The van der Waals surface area contributed by atoms with Crippen LogP contribution in [0.3, 0.4) is 0 Å². The number of nitrogens with one attached hydrogen (secondary N) is 2. The summed E-state index contributed by atoms with van der Waals surface area (Å²) in [4.78, 5) is 59.4. The van der Waals surface area contributed by atoms with Crippen LogP contribution in [0.1, 0.15) is 91.5 Å². The van der Waals surface area contributed by atoms with E-state index in [1.54, 1.807) is 36.9 Å². The van der Waals surface area contributed by atoms with Crippen molar-refractivity contribution in [3.8, 4) is 6.07 Å².